The Morgan fingerprint density at radius 3 is 2.53 bits per heavy atom. The lowest BCUT2D eigenvalue weighted by molar-refractivity contribution is -0.124. The minimum absolute atomic E-state index is 0.0848. The van der Waals surface area contributed by atoms with Crippen LogP contribution < -0.4 is 11.1 Å². The van der Waals surface area contributed by atoms with Gasteiger partial charge in [-0.15, -0.1) is 0 Å². The lowest BCUT2D eigenvalue weighted by atomic mass is 9.92. The molecule has 0 aliphatic carbocycles. The van der Waals surface area contributed by atoms with Crippen molar-refractivity contribution in [3.8, 4) is 0 Å². The molecule has 0 radical (unpaired) electrons. The van der Waals surface area contributed by atoms with Crippen LogP contribution in [0.2, 0.25) is 0 Å². The van der Waals surface area contributed by atoms with Gasteiger partial charge in [-0.2, -0.15) is 5.10 Å². The van der Waals surface area contributed by atoms with E-state index < -0.39 is 5.54 Å². The molecule has 108 valence electrons. The number of aryl methyl sites for hydroxylation is 1. The maximum Gasteiger partial charge on any atom is 0.237 e. The average Bonchev–Trinajstić information content (AvgIpc) is 2.57. The highest BCUT2D eigenvalue weighted by atomic mass is 79.9. The highest BCUT2D eigenvalue weighted by molar-refractivity contribution is 9.10. The molecule has 5 nitrogen and oxygen atoms in total. The van der Waals surface area contributed by atoms with Crippen molar-refractivity contribution >= 4 is 21.8 Å². The van der Waals surface area contributed by atoms with E-state index >= 15 is 0 Å². The van der Waals surface area contributed by atoms with Gasteiger partial charge in [-0.25, -0.2) is 0 Å². The van der Waals surface area contributed by atoms with Gasteiger partial charge in [0, 0.05) is 0 Å². The summed E-state index contributed by atoms with van der Waals surface area (Å²) >= 11 is 3.52. The predicted octanol–water partition coefficient (Wildman–Crippen LogP) is 2.07. The molecule has 0 spiro atoms. The van der Waals surface area contributed by atoms with E-state index in [1.807, 2.05) is 39.3 Å². The molecule has 2 atom stereocenters. The van der Waals surface area contributed by atoms with E-state index in [0.29, 0.717) is 13.0 Å². The van der Waals surface area contributed by atoms with Gasteiger partial charge in [0.2, 0.25) is 5.91 Å². The lowest BCUT2D eigenvalue weighted by Crippen LogP contribution is -2.54. The smallest absolute Gasteiger partial charge is 0.237 e. The summed E-state index contributed by atoms with van der Waals surface area (Å²) in [6.45, 7) is 10.5. The maximum atomic E-state index is 11.7. The second-order valence-electron chi connectivity index (χ2n) is 5.21. The van der Waals surface area contributed by atoms with Crippen LogP contribution in [0, 0.1) is 13.8 Å². The number of amides is 1. The third-order valence-electron chi connectivity index (χ3n) is 3.47. The van der Waals surface area contributed by atoms with Gasteiger partial charge in [-0.3, -0.25) is 9.48 Å². The number of hydrogen-bond acceptors (Lipinski definition) is 3. The molecule has 19 heavy (non-hydrogen) atoms. The predicted molar refractivity (Wildman–Crippen MR) is 80.0 cm³/mol. The summed E-state index contributed by atoms with van der Waals surface area (Å²) in [7, 11) is 0. The number of nitrogens with zero attached hydrogens (tertiary/aromatic N) is 2. The van der Waals surface area contributed by atoms with E-state index in [9.17, 15) is 4.79 Å². The second kappa shape index (κ2) is 6.05. The number of likely N-dealkylation sites (N-methyl/N-ethyl adjacent to an activating group) is 1. The van der Waals surface area contributed by atoms with Gasteiger partial charge in [-0.1, -0.05) is 6.92 Å². The van der Waals surface area contributed by atoms with Crippen molar-refractivity contribution in [3.63, 3.8) is 0 Å². The Morgan fingerprint density at radius 2 is 2.16 bits per heavy atom. The zero-order valence-corrected chi connectivity index (χ0v) is 13.8. The molecule has 0 saturated carbocycles. The number of hydrogen-bond donors (Lipinski definition) is 2. The summed E-state index contributed by atoms with van der Waals surface area (Å²) in [6, 6.07) is 0.0848. The van der Waals surface area contributed by atoms with Crippen LogP contribution >= 0.6 is 15.9 Å². The maximum absolute atomic E-state index is 11.7. The van der Waals surface area contributed by atoms with Crippen LogP contribution in [-0.4, -0.2) is 27.8 Å². The van der Waals surface area contributed by atoms with Crippen molar-refractivity contribution in [2.45, 2.75) is 52.6 Å². The third kappa shape index (κ3) is 3.36. The molecule has 0 aromatic carbocycles. The second-order valence-corrected chi connectivity index (χ2v) is 6.00. The molecule has 2 unspecified atom stereocenters. The molecule has 1 heterocycles. The number of carbonyl (C=O) groups is 1. The van der Waals surface area contributed by atoms with Crippen molar-refractivity contribution in [1.29, 1.82) is 0 Å². The molecule has 1 rings (SSSR count). The van der Waals surface area contributed by atoms with Crippen LogP contribution in [0.5, 0.6) is 0 Å². The Kier molecular flexibility index (Phi) is 5.15. The van der Waals surface area contributed by atoms with Crippen LogP contribution in [0.25, 0.3) is 0 Å². The van der Waals surface area contributed by atoms with E-state index in [0.717, 1.165) is 15.9 Å². The standard InChI is InChI=1S/C13H23BrN4O/c1-6-16-13(5,12(15)19)7-8(2)18-10(4)11(14)9(3)17-18/h8,16H,6-7H2,1-5H3,(H2,15,19). The summed E-state index contributed by atoms with van der Waals surface area (Å²) in [5.41, 5.74) is 6.82. The lowest BCUT2D eigenvalue weighted by Gasteiger charge is -2.30. The van der Waals surface area contributed by atoms with Gasteiger partial charge in [0.15, 0.2) is 0 Å². The van der Waals surface area contributed by atoms with Crippen molar-refractivity contribution in [3.05, 3.63) is 15.9 Å². The molecule has 0 bridgehead atoms. The molecule has 1 aromatic rings. The van der Waals surface area contributed by atoms with Crippen LogP contribution in [-0.2, 0) is 4.79 Å². The summed E-state index contributed by atoms with van der Waals surface area (Å²) < 4.78 is 2.96. The van der Waals surface area contributed by atoms with Crippen molar-refractivity contribution in [1.82, 2.24) is 15.1 Å². The highest BCUT2D eigenvalue weighted by Gasteiger charge is 2.33. The van der Waals surface area contributed by atoms with E-state index in [-0.39, 0.29) is 11.9 Å². The van der Waals surface area contributed by atoms with E-state index in [1.165, 1.54) is 0 Å². The van der Waals surface area contributed by atoms with E-state index in [4.69, 9.17) is 5.73 Å². The zero-order valence-electron chi connectivity index (χ0n) is 12.2. The molecular weight excluding hydrogens is 308 g/mol. The minimum Gasteiger partial charge on any atom is -0.368 e. The molecule has 3 N–H and O–H groups in total. The fourth-order valence-corrected chi connectivity index (χ4v) is 2.66. The van der Waals surface area contributed by atoms with Gasteiger partial charge >= 0.3 is 0 Å². The normalized spacial score (nSPS) is 16.1. The van der Waals surface area contributed by atoms with E-state index in [2.05, 4.69) is 26.3 Å². The van der Waals surface area contributed by atoms with Gasteiger partial charge < -0.3 is 11.1 Å². The number of carbonyl (C=O) groups excluding carboxylic acids is 1. The summed E-state index contributed by atoms with van der Waals surface area (Å²) in [6.07, 6.45) is 0.602. The fourth-order valence-electron chi connectivity index (χ4n) is 2.40. The SMILES string of the molecule is CCNC(C)(CC(C)n1nc(C)c(Br)c1C)C(N)=O. The minimum atomic E-state index is -0.715. The number of rotatable bonds is 6. The molecule has 1 amide bonds. The van der Waals surface area contributed by atoms with E-state index in [1.54, 1.807) is 0 Å². The average molecular weight is 331 g/mol. The monoisotopic (exact) mass is 330 g/mol. The number of nitrogens with two attached hydrogens (primary N) is 1. The summed E-state index contributed by atoms with van der Waals surface area (Å²) in [5.74, 6) is -0.332. The van der Waals surface area contributed by atoms with Gasteiger partial charge in [-0.05, 0) is 56.6 Å². The van der Waals surface area contributed by atoms with Crippen LogP contribution in [0.15, 0.2) is 4.47 Å². The summed E-state index contributed by atoms with van der Waals surface area (Å²) in [4.78, 5) is 11.7. The number of halogens is 1. The number of primary amides is 1. The van der Waals surface area contributed by atoms with Crippen LogP contribution in [0.3, 0.4) is 0 Å². The largest absolute Gasteiger partial charge is 0.368 e. The molecule has 0 aliphatic heterocycles. The zero-order chi connectivity index (χ0) is 14.8. The summed E-state index contributed by atoms with van der Waals surface area (Å²) in [5, 5.41) is 7.68. The molecule has 0 fully saturated rings. The van der Waals surface area contributed by atoms with Crippen molar-refractivity contribution < 1.29 is 4.79 Å². The fraction of sp³-hybridized carbons (Fsp3) is 0.692. The Hall–Kier alpha value is -0.880. The first-order valence-electron chi connectivity index (χ1n) is 6.49. The molecule has 1 aromatic heterocycles. The number of aromatic nitrogens is 2. The molecule has 0 aliphatic rings. The van der Waals surface area contributed by atoms with Gasteiger partial charge in [0.05, 0.1) is 27.4 Å². The van der Waals surface area contributed by atoms with Crippen molar-refractivity contribution in [2.75, 3.05) is 6.54 Å². The first kappa shape index (κ1) is 16.2. The molecule has 6 heteroatoms. The van der Waals surface area contributed by atoms with Crippen LogP contribution in [0.1, 0.15) is 44.6 Å². The Bertz CT molecular complexity index is 471. The quantitative estimate of drug-likeness (QED) is 0.838. The first-order chi connectivity index (χ1) is 8.73. The third-order valence-corrected chi connectivity index (χ3v) is 4.62. The van der Waals surface area contributed by atoms with Gasteiger partial charge in [0.25, 0.3) is 0 Å². The first-order valence-corrected chi connectivity index (χ1v) is 7.28. The van der Waals surface area contributed by atoms with Crippen molar-refractivity contribution in [2.24, 2.45) is 5.73 Å². The number of nitrogens with one attached hydrogen (secondary N) is 1. The topological polar surface area (TPSA) is 72.9 Å². The van der Waals surface area contributed by atoms with Crippen LogP contribution in [0.4, 0.5) is 0 Å². The molecular formula is C13H23BrN4O. The van der Waals surface area contributed by atoms with Gasteiger partial charge in [0.1, 0.15) is 0 Å². The Balaban J connectivity index is 2.97. The highest BCUT2D eigenvalue weighted by Crippen LogP contribution is 2.27. The molecule has 0 saturated heterocycles. The Morgan fingerprint density at radius 1 is 1.58 bits per heavy atom. The Labute approximate surface area is 123 Å².